The van der Waals surface area contributed by atoms with Gasteiger partial charge in [-0.1, -0.05) is 0 Å². The summed E-state index contributed by atoms with van der Waals surface area (Å²) in [6.45, 7) is 3.74. The average Bonchev–Trinajstić information content (AvgIpc) is 2.82. The zero-order chi connectivity index (χ0) is 13.8. The molecule has 1 heterocycles. The van der Waals surface area contributed by atoms with Gasteiger partial charge in [0.05, 0.1) is 6.54 Å². The van der Waals surface area contributed by atoms with Gasteiger partial charge < -0.3 is 15.6 Å². The predicted octanol–water partition coefficient (Wildman–Crippen LogP) is 1.42. The summed E-state index contributed by atoms with van der Waals surface area (Å²) in [5, 5.41) is 6.29. The topological polar surface area (TPSA) is 74.0 Å². The summed E-state index contributed by atoms with van der Waals surface area (Å²) in [6.07, 6.45) is 1.82. The van der Waals surface area contributed by atoms with Gasteiger partial charge in [0, 0.05) is 28.7 Å². The van der Waals surface area contributed by atoms with Crippen LogP contribution in [0, 0.1) is 0 Å². The summed E-state index contributed by atoms with van der Waals surface area (Å²) in [6, 6.07) is 7.34. The molecule has 0 saturated carbocycles. The Labute approximate surface area is 111 Å². The molecule has 1 aromatic heterocycles. The van der Waals surface area contributed by atoms with Crippen molar-refractivity contribution in [1.29, 1.82) is 0 Å². The highest BCUT2D eigenvalue weighted by molar-refractivity contribution is 5.99. The van der Waals surface area contributed by atoms with E-state index in [4.69, 9.17) is 0 Å². The van der Waals surface area contributed by atoms with E-state index in [1.807, 2.05) is 32.2 Å². The van der Waals surface area contributed by atoms with Crippen molar-refractivity contribution < 1.29 is 9.59 Å². The van der Waals surface area contributed by atoms with Crippen LogP contribution in [0.3, 0.4) is 0 Å². The lowest BCUT2D eigenvalue weighted by molar-refractivity contribution is -0.120. The minimum atomic E-state index is -0.248. The standard InChI is InChI=1S/C14H17N3O2/c1-9(2)17-13(18)8-16-14(19)11-3-4-12-10(7-11)5-6-15-12/h3-7,9,15H,8H2,1-2H3,(H,16,19)(H,17,18). The number of carbonyl (C=O) groups excluding carboxylic acids is 2. The molecule has 2 aromatic rings. The first kappa shape index (κ1) is 13.1. The summed E-state index contributed by atoms with van der Waals surface area (Å²) in [7, 11) is 0. The molecule has 0 spiro atoms. The minimum absolute atomic E-state index is 0.0117. The van der Waals surface area contributed by atoms with Crippen LogP contribution in [0.4, 0.5) is 0 Å². The highest BCUT2D eigenvalue weighted by Crippen LogP contribution is 2.13. The Morgan fingerprint density at radius 3 is 2.79 bits per heavy atom. The molecule has 0 fully saturated rings. The van der Waals surface area contributed by atoms with Gasteiger partial charge in [0.15, 0.2) is 0 Å². The van der Waals surface area contributed by atoms with Gasteiger partial charge in [0.2, 0.25) is 5.91 Å². The fourth-order valence-corrected chi connectivity index (χ4v) is 1.83. The third-order valence-electron chi connectivity index (χ3n) is 2.67. The van der Waals surface area contributed by atoms with Crippen molar-refractivity contribution in [2.24, 2.45) is 0 Å². The molecule has 1 aromatic carbocycles. The van der Waals surface area contributed by atoms with E-state index in [1.54, 1.807) is 12.1 Å². The molecule has 0 aliphatic heterocycles. The van der Waals surface area contributed by atoms with Crippen LogP contribution in [0.15, 0.2) is 30.5 Å². The number of rotatable bonds is 4. The molecule has 0 saturated heterocycles. The van der Waals surface area contributed by atoms with E-state index < -0.39 is 0 Å². The van der Waals surface area contributed by atoms with Crippen LogP contribution in [0.1, 0.15) is 24.2 Å². The summed E-state index contributed by atoms with van der Waals surface area (Å²) >= 11 is 0. The molecular formula is C14H17N3O2. The number of aromatic amines is 1. The molecule has 3 N–H and O–H groups in total. The van der Waals surface area contributed by atoms with Crippen LogP contribution in [-0.2, 0) is 4.79 Å². The van der Waals surface area contributed by atoms with E-state index >= 15 is 0 Å². The van der Waals surface area contributed by atoms with Gasteiger partial charge in [-0.05, 0) is 38.1 Å². The first-order chi connectivity index (χ1) is 9.06. The lowest BCUT2D eigenvalue weighted by atomic mass is 10.1. The fourth-order valence-electron chi connectivity index (χ4n) is 1.83. The Balaban J connectivity index is 1.97. The number of benzene rings is 1. The maximum atomic E-state index is 11.9. The summed E-state index contributed by atoms with van der Waals surface area (Å²) in [4.78, 5) is 26.4. The quantitative estimate of drug-likeness (QED) is 0.777. The van der Waals surface area contributed by atoms with Crippen molar-refractivity contribution in [2.45, 2.75) is 19.9 Å². The van der Waals surface area contributed by atoms with Gasteiger partial charge in [-0.3, -0.25) is 9.59 Å². The van der Waals surface area contributed by atoms with Gasteiger partial charge >= 0.3 is 0 Å². The van der Waals surface area contributed by atoms with Crippen molar-refractivity contribution in [3.05, 3.63) is 36.0 Å². The third kappa shape index (κ3) is 3.34. The van der Waals surface area contributed by atoms with Gasteiger partial charge in [-0.2, -0.15) is 0 Å². The Bertz CT molecular complexity index is 602. The number of carbonyl (C=O) groups is 2. The molecule has 19 heavy (non-hydrogen) atoms. The third-order valence-corrected chi connectivity index (χ3v) is 2.67. The predicted molar refractivity (Wildman–Crippen MR) is 73.9 cm³/mol. The SMILES string of the molecule is CC(C)NC(=O)CNC(=O)c1ccc2[nH]ccc2c1. The molecule has 0 atom stereocenters. The molecule has 0 bridgehead atoms. The number of H-pyrrole nitrogens is 1. The van der Waals surface area contributed by atoms with Gasteiger partial charge in [0.1, 0.15) is 0 Å². The molecular weight excluding hydrogens is 242 g/mol. The number of amides is 2. The summed E-state index contributed by atoms with van der Waals surface area (Å²) < 4.78 is 0. The molecule has 2 rings (SSSR count). The second-order valence-electron chi connectivity index (χ2n) is 4.68. The second-order valence-corrected chi connectivity index (χ2v) is 4.68. The largest absolute Gasteiger partial charge is 0.361 e. The lowest BCUT2D eigenvalue weighted by Gasteiger charge is -2.09. The fraction of sp³-hybridized carbons (Fsp3) is 0.286. The van der Waals surface area contributed by atoms with Crippen LogP contribution >= 0.6 is 0 Å². The molecule has 5 nitrogen and oxygen atoms in total. The monoisotopic (exact) mass is 259 g/mol. The highest BCUT2D eigenvalue weighted by atomic mass is 16.2. The Morgan fingerprint density at radius 1 is 1.26 bits per heavy atom. The van der Waals surface area contributed by atoms with E-state index in [0.29, 0.717) is 5.56 Å². The zero-order valence-corrected chi connectivity index (χ0v) is 11.0. The molecule has 100 valence electrons. The van der Waals surface area contributed by atoms with Crippen LogP contribution in [0.2, 0.25) is 0 Å². The van der Waals surface area contributed by atoms with Gasteiger partial charge in [-0.25, -0.2) is 0 Å². The van der Waals surface area contributed by atoms with E-state index in [0.717, 1.165) is 10.9 Å². The van der Waals surface area contributed by atoms with Crippen LogP contribution in [0.5, 0.6) is 0 Å². The highest BCUT2D eigenvalue weighted by Gasteiger charge is 2.09. The van der Waals surface area contributed by atoms with Crippen molar-refractivity contribution in [1.82, 2.24) is 15.6 Å². The molecule has 5 heteroatoms. The van der Waals surface area contributed by atoms with Crippen molar-refractivity contribution in [2.75, 3.05) is 6.54 Å². The van der Waals surface area contributed by atoms with Crippen LogP contribution in [0.25, 0.3) is 10.9 Å². The lowest BCUT2D eigenvalue weighted by Crippen LogP contribution is -2.39. The Morgan fingerprint density at radius 2 is 2.05 bits per heavy atom. The zero-order valence-electron chi connectivity index (χ0n) is 11.0. The summed E-state index contributed by atoms with van der Waals surface area (Å²) in [5.74, 6) is -0.437. The van der Waals surface area contributed by atoms with Crippen LogP contribution < -0.4 is 10.6 Å². The van der Waals surface area contributed by atoms with E-state index in [2.05, 4.69) is 15.6 Å². The Hall–Kier alpha value is -2.30. The smallest absolute Gasteiger partial charge is 0.251 e. The average molecular weight is 259 g/mol. The first-order valence-electron chi connectivity index (χ1n) is 6.21. The number of fused-ring (bicyclic) bond motifs is 1. The number of aromatic nitrogens is 1. The first-order valence-corrected chi connectivity index (χ1v) is 6.21. The maximum absolute atomic E-state index is 11.9. The number of nitrogens with one attached hydrogen (secondary N) is 3. The summed E-state index contributed by atoms with van der Waals surface area (Å²) in [5.41, 5.74) is 1.53. The van der Waals surface area contributed by atoms with Crippen molar-refractivity contribution >= 4 is 22.7 Å². The van der Waals surface area contributed by atoms with Gasteiger partial charge in [-0.15, -0.1) is 0 Å². The maximum Gasteiger partial charge on any atom is 0.251 e. The van der Waals surface area contributed by atoms with E-state index in [9.17, 15) is 9.59 Å². The molecule has 0 aliphatic carbocycles. The molecule has 0 radical (unpaired) electrons. The Kier molecular flexibility index (Phi) is 3.85. The number of hydrogen-bond acceptors (Lipinski definition) is 2. The normalized spacial score (nSPS) is 10.7. The van der Waals surface area contributed by atoms with Crippen molar-refractivity contribution in [3.63, 3.8) is 0 Å². The van der Waals surface area contributed by atoms with Gasteiger partial charge in [0.25, 0.3) is 5.91 Å². The minimum Gasteiger partial charge on any atom is -0.361 e. The van der Waals surface area contributed by atoms with Crippen molar-refractivity contribution in [3.8, 4) is 0 Å². The van der Waals surface area contributed by atoms with Crippen LogP contribution in [-0.4, -0.2) is 29.4 Å². The van der Waals surface area contributed by atoms with E-state index in [-0.39, 0.29) is 24.4 Å². The second kappa shape index (κ2) is 5.56. The molecule has 0 unspecified atom stereocenters. The van der Waals surface area contributed by atoms with E-state index in [1.165, 1.54) is 0 Å². The molecule has 2 amide bonds. The number of hydrogen-bond donors (Lipinski definition) is 3. The molecule has 0 aliphatic rings.